The fourth-order valence-corrected chi connectivity index (χ4v) is 1.20. The number of rotatable bonds is 6. The van der Waals surface area contributed by atoms with Crippen LogP contribution in [0.4, 0.5) is 0 Å². The van der Waals surface area contributed by atoms with Crippen LogP contribution >= 0.6 is 0 Å². The molecular weight excluding hydrogens is 192 g/mol. The Balaban J connectivity index is 2.53. The zero-order chi connectivity index (χ0) is 11.3. The Hall–Kier alpha value is -0.940. The van der Waals surface area contributed by atoms with Crippen LogP contribution in [-0.2, 0) is 13.1 Å². The minimum atomic E-state index is -0.275. The van der Waals surface area contributed by atoms with Crippen molar-refractivity contribution in [1.82, 2.24) is 20.1 Å². The average Bonchev–Trinajstić information content (AvgIpc) is 2.64. The quantitative estimate of drug-likeness (QED) is 0.723. The highest BCUT2D eigenvalue weighted by molar-refractivity contribution is 4.87. The third-order valence-corrected chi connectivity index (χ3v) is 2.25. The number of aliphatic hydroxyl groups excluding tert-OH is 1. The standard InChI is InChI=1S/C10H20N4O/c1-4-5-14-9(11-8-13-14)6-12-10(2,3)7-15/h8,12,15H,4-7H2,1-3H3. The van der Waals surface area contributed by atoms with Crippen LogP contribution in [0.25, 0.3) is 0 Å². The lowest BCUT2D eigenvalue weighted by Crippen LogP contribution is -2.42. The Labute approximate surface area is 90.5 Å². The van der Waals surface area contributed by atoms with Gasteiger partial charge in [0, 0.05) is 12.1 Å². The van der Waals surface area contributed by atoms with Gasteiger partial charge in [-0.25, -0.2) is 9.67 Å². The Morgan fingerprint density at radius 2 is 2.27 bits per heavy atom. The fraction of sp³-hybridized carbons (Fsp3) is 0.800. The maximum atomic E-state index is 9.09. The van der Waals surface area contributed by atoms with Crippen LogP contribution < -0.4 is 5.32 Å². The van der Waals surface area contributed by atoms with E-state index in [2.05, 4.69) is 22.3 Å². The monoisotopic (exact) mass is 212 g/mol. The van der Waals surface area contributed by atoms with Gasteiger partial charge in [-0.1, -0.05) is 6.92 Å². The smallest absolute Gasteiger partial charge is 0.140 e. The summed E-state index contributed by atoms with van der Waals surface area (Å²) in [4.78, 5) is 4.18. The molecule has 15 heavy (non-hydrogen) atoms. The van der Waals surface area contributed by atoms with Crippen LogP contribution in [0, 0.1) is 0 Å². The molecule has 86 valence electrons. The van der Waals surface area contributed by atoms with Gasteiger partial charge in [0.2, 0.25) is 0 Å². The van der Waals surface area contributed by atoms with Gasteiger partial charge < -0.3 is 10.4 Å². The van der Waals surface area contributed by atoms with E-state index in [4.69, 9.17) is 5.11 Å². The van der Waals surface area contributed by atoms with Gasteiger partial charge in [-0.2, -0.15) is 5.10 Å². The largest absolute Gasteiger partial charge is 0.394 e. The normalized spacial score (nSPS) is 12.0. The van der Waals surface area contributed by atoms with Crippen LogP contribution in [0.15, 0.2) is 6.33 Å². The maximum absolute atomic E-state index is 9.09. The van der Waals surface area contributed by atoms with Crippen molar-refractivity contribution in [3.63, 3.8) is 0 Å². The first-order chi connectivity index (χ1) is 7.09. The molecule has 0 atom stereocenters. The topological polar surface area (TPSA) is 63.0 Å². The van der Waals surface area contributed by atoms with Crippen LogP contribution in [0.1, 0.15) is 33.0 Å². The minimum Gasteiger partial charge on any atom is -0.394 e. The second-order valence-corrected chi connectivity index (χ2v) is 4.29. The third-order valence-electron chi connectivity index (χ3n) is 2.25. The highest BCUT2D eigenvalue weighted by atomic mass is 16.3. The molecule has 0 bridgehead atoms. The van der Waals surface area contributed by atoms with E-state index in [1.807, 2.05) is 18.5 Å². The van der Waals surface area contributed by atoms with Crippen molar-refractivity contribution >= 4 is 0 Å². The van der Waals surface area contributed by atoms with Crippen LogP contribution in [0.5, 0.6) is 0 Å². The molecule has 1 heterocycles. The number of aliphatic hydroxyl groups is 1. The van der Waals surface area contributed by atoms with Gasteiger partial charge in [0.1, 0.15) is 12.2 Å². The average molecular weight is 212 g/mol. The van der Waals surface area contributed by atoms with E-state index in [-0.39, 0.29) is 12.1 Å². The van der Waals surface area contributed by atoms with E-state index >= 15 is 0 Å². The molecule has 0 aliphatic carbocycles. The van der Waals surface area contributed by atoms with Crippen molar-refractivity contribution in [3.8, 4) is 0 Å². The molecule has 1 aromatic rings. The van der Waals surface area contributed by atoms with Gasteiger partial charge in [-0.05, 0) is 20.3 Å². The van der Waals surface area contributed by atoms with Crippen LogP contribution in [0.3, 0.4) is 0 Å². The summed E-state index contributed by atoms with van der Waals surface area (Å²) < 4.78 is 1.89. The number of hydrogen-bond donors (Lipinski definition) is 2. The van der Waals surface area contributed by atoms with Crippen molar-refractivity contribution in [1.29, 1.82) is 0 Å². The van der Waals surface area contributed by atoms with Crippen molar-refractivity contribution in [2.45, 2.75) is 45.8 Å². The Bertz CT molecular complexity index is 295. The van der Waals surface area contributed by atoms with Crippen molar-refractivity contribution < 1.29 is 5.11 Å². The van der Waals surface area contributed by atoms with E-state index < -0.39 is 0 Å². The van der Waals surface area contributed by atoms with Crippen LogP contribution in [-0.4, -0.2) is 32.0 Å². The molecule has 0 saturated heterocycles. The zero-order valence-electron chi connectivity index (χ0n) is 9.69. The van der Waals surface area contributed by atoms with Gasteiger partial charge >= 0.3 is 0 Å². The fourth-order valence-electron chi connectivity index (χ4n) is 1.20. The van der Waals surface area contributed by atoms with E-state index in [1.165, 1.54) is 0 Å². The summed E-state index contributed by atoms with van der Waals surface area (Å²) in [6.07, 6.45) is 2.61. The highest BCUT2D eigenvalue weighted by Gasteiger charge is 2.16. The first kappa shape index (κ1) is 12.1. The van der Waals surface area contributed by atoms with E-state index in [9.17, 15) is 0 Å². The number of aromatic nitrogens is 3. The minimum absolute atomic E-state index is 0.106. The second kappa shape index (κ2) is 5.23. The van der Waals surface area contributed by atoms with Gasteiger partial charge in [-0.3, -0.25) is 0 Å². The molecule has 0 saturated carbocycles. The molecular formula is C10H20N4O. The highest BCUT2D eigenvalue weighted by Crippen LogP contribution is 2.03. The zero-order valence-corrected chi connectivity index (χ0v) is 9.69. The lowest BCUT2D eigenvalue weighted by molar-refractivity contribution is 0.186. The summed E-state index contributed by atoms with van der Waals surface area (Å²) in [5.74, 6) is 0.915. The van der Waals surface area contributed by atoms with Crippen molar-refractivity contribution in [3.05, 3.63) is 12.2 Å². The van der Waals surface area contributed by atoms with Gasteiger partial charge in [0.15, 0.2) is 0 Å². The maximum Gasteiger partial charge on any atom is 0.140 e. The summed E-state index contributed by atoms with van der Waals surface area (Å²) in [7, 11) is 0. The second-order valence-electron chi connectivity index (χ2n) is 4.29. The molecule has 0 spiro atoms. The predicted octanol–water partition coefficient (Wildman–Crippen LogP) is 0.549. The predicted molar refractivity (Wildman–Crippen MR) is 58.3 cm³/mol. The van der Waals surface area contributed by atoms with E-state index in [1.54, 1.807) is 6.33 Å². The summed E-state index contributed by atoms with van der Waals surface area (Å²) >= 11 is 0. The number of nitrogens with one attached hydrogen (secondary N) is 1. The molecule has 0 fully saturated rings. The number of nitrogens with zero attached hydrogens (tertiary/aromatic N) is 3. The Kier molecular flexibility index (Phi) is 4.23. The number of hydrogen-bond acceptors (Lipinski definition) is 4. The molecule has 0 unspecified atom stereocenters. The van der Waals surface area contributed by atoms with Gasteiger partial charge in [0.25, 0.3) is 0 Å². The van der Waals surface area contributed by atoms with Crippen LogP contribution in [0.2, 0.25) is 0 Å². The first-order valence-corrected chi connectivity index (χ1v) is 5.31. The molecule has 5 heteroatoms. The Morgan fingerprint density at radius 1 is 1.53 bits per heavy atom. The van der Waals surface area contributed by atoms with Crippen molar-refractivity contribution in [2.24, 2.45) is 0 Å². The molecule has 0 aromatic carbocycles. The molecule has 1 rings (SSSR count). The Morgan fingerprint density at radius 3 is 2.87 bits per heavy atom. The molecule has 0 amide bonds. The summed E-state index contributed by atoms with van der Waals surface area (Å²) in [5, 5.41) is 16.5. The first-order valence-electron chi connectivity index (χ1n) is 5.31. The molecule has 0 radical (unpaired) electrons. The van der Waals surface area contributed by atoms with Crippen molar-refractivity contribution in [2.75, 3.05) is 6.61 Å². The SMILES string of the molecule is CCCn1ncnc1CNC(C)(C)CO. The molecule has 0 aliphatic rings. The third kappa shape index (κ3) is 3.60. The molecule has 1 aromatic heterocycles. The molecule has 0 aliphatic heterocycles. The summed E-state index contributed by atoms with van der Waals surface area (Å²) in [5.41, 5.74) is -0.275. The van der Waals surface area contributed by atoms with Gasteiger partial charge in [0.05, 0.1) is 13.2 Å². The lowest BCUT2D eigenvalue weighted by atomic mass is 10.1. The summed E-state index contributed by atoms with van der Waals surface area (Å²) in [6, 6.07) is 0. The molecule has 2 N–H and O–H groups in total. The van der Waals surface area contributed by atoms with E-state index in [0.29, 0.717) is 6.54 Å². The number of aryl methyl sites for hydroxylation is 1. The van der Waals surface area contributed by atoms with E-state index in [0.717, 1.165) is 18.8 Å². The lowest BCUT2D eigenvalue weighted by Gasteiger charge is -2.23. The van der Waals surface area contributed by atoms with Gasteiger partial charge in [-0.15, -0.1) is 0 Å². The molecule has 5 nitrogen and oxygen atoms in total. The summed E-state index contributed by atoms with van der Waals surface area (Å²) in [6.45, 7) is 7.64.